The number of anilines is 1. The van der Waals surface area contributed by atoms with E-state index in [4.69, 9.17) is 13.9 Å². The second-order valence-corrected chi connectivity index (χ2v) is 5.06. The smallest absolute Gasteiger partial charge is 0.322 e. The fourth-order valence-corrected chi connectivity index (χ4v) is 2.15. The van der Waals surface area contributed by atoms with E-state index < -0.39 is 0 Å². The number of urea groups is 1. The summed E-state index contributed by atoms with van der Waals surface area (Å²) in [5.41, 5.74) is 0.623. The zero-order chi connectivity index (χ0) is 16.7. The topological polar surface area (TPSA) is 63.9 Å². The Hall–Kier alpha value is -2.47. The van der Waals surface area contributed by atoms with Crippen molar-refractivity contribution in [3.8, 4) is 5.75 Å². The van der Waals surface area contributed by atoms with Crippen LogP contribution in [-0.2, 0) is 11.3 Å². The van der Waals surface area contributed by atoms with Crippen LogP contribution in [0.25, 0.3) is 0 Å². The van der Waals surface area contributed by atoms with Gasteiger partial charge >= 0.3 is 6.03 Å². The van der Waals surface area contributed by atoms with Crippen LogP contribution in [0.5, 0.6) is 5.75 Å². The molecular formula is C17H22N2O4. The lowest BCUT2D eigenvalue weighted by Crippen LogP contribution is -2.36. The molecule has 0 saturated carbocycles. The number of benzene rings is 1. The van der Waals surface area contributed by atoms with E-state index in [1.807, 2.05) is 31.2 Å². The average Bonchev–Trinajstić information content (AvgIpc) is 2.97. The molecular weight excluding hydrogens is 296 g/mol. The summed E-state index contributed by atoms with van der Waals surface area (Å²) in [5.74, 6) is 2.16. The highest BCUT2D eigenvalue weighted by molar-refractivity contribution is 5.90. The van der Waals surface area contributed by atoms with E-state index in [-0.39, 0.29) is 6.03 Å². The summed E-state index contributed by atoms with van der Waals surface area (Å²) in [6.45, 7) is 3.15. The molecule has 0 saturated heterocycles. The molecule has 0 fully saturated rings. The summed E-state index contributed by atoms with van der Waals surface area (Å²) in [4.78, 5) is 14.2. The molecule has 6 nitrogen and oxygen atoms in total. The van der Waals surface area contributed by atoms with Crippen molar-refractivity contribution in [1.82, 2.24) is 4.90 Å². The molecule has 23 heavy (non-hydrogen) atoms. The molecule has 0 bridgehead atoms. The van der Waals surface area contributed by atoms with E-state index in [0.29, 0.717) is 31.1 Å². The second kappa shape index (κ2) is 8.24. The highest BCUT2D eigenvalue weighted by Gasteiger charge is 2.17. The maximum Gasteiger partial charge on any atom is 0.322 e. The Bertz CT molecular complexity index is 639. The molecule has 0 spiro atoms. The number of ether oxygens (including phenoxy) is 2. The third kappa shape index (κ3) is 4.75. The Balaban J connectivity index is 2.09. The molecule has 0 unspecified atom stereocenters. The van der Waals surface area contributed by atoms with Crippen molar-refractivity contribution >= 4 is 11.7 Å². The molecule has 0 aliphatic heterocycles. The monoisotopic (exact) mass is 318 g/mol. The lowest BCUT2D eigenvalue weighted by molar-refractivity contribution is 0.149. The number of nitrogens with one attached hydrogen (secondary N) is 1. The number of carbonyl (C=O) groups is 1. The van der Waals surface area contributed by atoms with Gasteiger partial charge in [0.25, 0.3) is 0 Å². The van der Waals surface area contributed by atoms with Crippen LogP contribution in [0.1, 0.15) is 11.5 Å². The van der Waals surface area contributed by atoms with Crippen LogP contribution in [-0.4, -0.2) is 38.3 Å². The number of carbonyl (C=O) groups excluding carboxylic acids is 1. The minimum Gasteiger partial charge on any atom is -0.495 e. The van der Waals surface area contributed by atoms with Crippen LogP contribution < -0.4 is 10.1 Å². The van der Waals surface area contributed by atoms with E-state index >= 15 is 0 Å². The van der Waals surface area contributed by atoms with E-state index in [0.717, 1.165) is 11.5 Å². The van der Waals surface area contributed by atoms with Crippen molar-refractivity contribution in [3.63, 3.8) is 0 Å². The molecule has 2 aromatic rings. The highest BCUT2D eigenvalue weighted by Crippen LogP contribution is 2.23. The number of hydrogen-bond donors (Lipinski definition) is 1. The number of rotatable bonds is 7. The summed E-state index contributed by atoms with van der Waals surface area (Å²) in [6, 6.07) is 10.8. The predicted molar refractivity (Wildman–Crippen MR) is 87.7 cm³/mol. The summed E-state index contributed by atoms with van der Waals surface area (Å²) in [5, 5.41) is 2.86. The number of amides is 2. The van der Waals surface area contributed by atoms with Gasteiger partial charge in [0.15, 0.2) is 0 Å². The summed E-state index contributed by atoms with van der Waals surface area (Å²) in [7, 11) is 3.17. The van der Waals surface area contributed by atoms with Crippen molar-refractivity contribution in [2.24, 2.45) is 0 Å². The number of hydrogen-bond acceptors (Lipinski definition) is 4. The first-order valence-electron chi connectivity index (χ1n) is 7.37. The highest BCUT2D eigenvalue weighted by atomic mass is 16.5. The first kappa shape index (κ1) is 16.9. The zero-order valence-corrected chi connectivity index (χ0v) is 13.7. The standard InChI is InChI=1S/C17H22N2O4/c1-13-8-9-14(23-13)12-19(10-11-21-2)17(20)18-15-6-4-5-7-16(15)22-3/h4-9H,10-12H2,1-3H3,(H,18,20). The van der Waals surface area contributed by atoms with Gasteiger partial charge in [-0.1, -0.05) is 12.1 Å². The molecule has 2 rings (SSSR count). The van der Waals surface area contributed by atoms with Gasteiger partial charge in [-0.15, -0.1) is 0 Å². The van der Waals surface area contributed by atoms with Crippen LogP contribution in [0.15, 0.2) is 40.8 Å². The minimum atomic E-state index is -0.236. The van der Waals surface area contributed by atoms with E-state index in [1.54, 1.807) is 31.3 Å². The Morgan fingerprint density at radius 1 is 1.22 bits per heavy atom. The summed E-state index contributed by atoms with van der Waals surface area (Å²) >= 11 is 0. The lowest BCUT2D eigenvalue weighted by atomic mass is 10.3. The Morgan fingerprint density at radius 2 is 2.00 bits per heavy atom. The van der Waals surface area contributed by atoms with Gasteiger partial charge in [-0.25, -0.2) is 4.79 Å². The Morgan fingerprint density at radius 3 is 2.65 bits per heavy atom. The van der Waals surface area contributed by atoms with E-state index in [1.165, 1.54) is 0 Å². The maximum absolute atomic E-state index is 12.6. The Kier molecular flexibility index (Phi) is 6.05. The van der Waals surface area contributed by atoms with Gasteiger partial charge in [0.2, 0.25) is 0 Å². The molecule has 0 atom stereocenters. The van der Waals surface area contributed by atoms with Gasteiger partial charge in [0.1, 0.15) is 17.3 Å². The van der Waals surface area contributed by atoms with Gasteiger partial charge in [-0.3, -0.25) is 0 Å². The summed E-state index contributed by atoms with van der Waals surface area (Å²) < 4.78 is 15.9. The lowest BCUT2D eigenvalue weighted by Gasteiger charge is -2.22. The number of aryl methyl sites for hydroxylation is 1. The van der Waals surface area contributed by atoms with Crippen LogP contribution in [0.3, 0.4) is 0 Å². The van der Waals surface area contributed by atoms with Crippen molar-refractivity contribution in [1.29, 1.82) is 0 Å². The van der Waals surface area contributed by atoms with Crippen molar-refractivity contribution < 1.29 is 18.7 Å². The van der Waals surface area contributed by atoms with Gasteiger partial charge in [-0.2, -0.15) is 0 Å². The predicted octanol–water partition coefficient (Wildman–Crippen LogP) is 3.28. The molecule has 0 radical (unpaired) electrons. The van der Waals surface area contributed by atoms with Crippen LogP contribution in [0.2, 0.25) is 0 Å². The molecule has 1 N–H and O–H groups in total. The van der Waals surface area contributed by atoms with Crippen LogP contribution in [0, 0.1) is 6.92 Å². The quantitative estimate of drug-likeness (QED) is 0.851. The molecule has 0 aliphatic carbocycles. The van der Waals surface area contributed by atoms with Crippen molar-refractivity contribution in [3.05, 3.63) is 47.9 Å². The first-order chi connectivity index (χ1) is 11.1. The molecule has 124 valence electrons. The molecule has 2 amide bonds. The molecule has 1 aromatic carbocycles. The normalized spacial score (nSPS) is 10.4. The third-order valence-electron chi connectivity index (χ3n) is 3.34. The zero-order valence-electron chi connectivity index (χ0n) is 13.7. The second-order valence-electron chi connectivity index (χ2n) is 5.06. The van der Waals surface area contributed by atoms with Gasteiger partial charge in [-0.05, 0) is 31.2 Å². The first-order valence-corrected chi connectivity index (χ1v) is 7.37. The molecule has 1 aromatic heterocycles. The third-order valence-corrected chi connectivity index (χ3v) is 3.34. The molecule has 1 heterocycles. The fourth-order valence-electron chi connectivity index (χ4n) is 2.15. The number of nitrogens with zero attached hydrogens (tertiary/aromatic N) is 1. The number of furan rings is 1. The SMILES string of the molecule is COCCN(Cc1ccc(C)o1)C(=O)Nc1ccccc1OC. The van der Waals surface area contributed by atoms with Gasteiger partial charge < -0.3 is 24.1 Å². The molecule has 0 aliphatic rings. The van der Waals surface area contributed by atoms with Crippen molar-refractivity contribution in [2.75, 3.05) is 32.7 Å². The fraction of sp³-hybridized carbons (Fsp3) is 0.353. The van der Waals surface area contributed by atoms with Crippen LogP contribution >= 0.6 is 0 Å². The average molecular weight is 318 g/mol. The Labute approximate surface area is 136 Å². The number of para-hydroxylation sites is 2. The van der Waals surface area contributed by atoms with Crippen molar-refractivity contribution in [2.45, 2.75) is 13.5 Å². The van der Waals surface area contributed by atoms with E-state index in [9.17, 15) is 4.79 Å². The summed E-state index contributed by atoms with van der Waals surface area (Å²) in [6.07, 6.45) is 0. The molecule has 6 heteroatoms. The maximum atomic E-state index is 12.6. The number of methoxy groups -OCH3 is 2. The largest absolute Gasteiger partial charge is 0.495 e. The van der Waals surface area contributed by atoms with Gasteiger partial charge in [0, 0.05) is 13.7 Å². The van der Waals surface area contributed by atoms with Gasteiger partial charge in [0.05, 0.1) is 25.9 Å². The van der Waals surface area contributed by atoms with Crippen LogP contribution in [0.4, 0.5) is 10.5 Å². The van der Waals surface area contributed by atoms with E-state index in [2.05, 4.69) is 5.32 Å². The minimum absolute atomic E-state index is 0.236.